The minimum atomic E-state index is -1.03. The highest BCUT2D eigenvalue weighted by Gasteiger charge is 2.45. The zero-order valence-corrected chi connectivity index (χ0v) is 18.7. The number of nitrogens with zero attached hydrogens (tertiary/aromatic N) is 2. The summed E-state index contributed by atoms with van der Waals surface area (Å²) in [5, 5.41) is 3.06. The summed E-state index contributed by atoms with van der Waals surface area (Å²) in [6.45, 7) is 3.19. The maximum absolute atomic E-state index is 12.2. The standard InChI is InChI=1S/C23H24N4O6/c1-23(2)21(28)26-22(29)27(23)12-32-17-9-13(8-16-15(17)6-5-7-25-16)14-10-18(30-3)20(31-4)19(11-14)33-24/h5-11H,12,24H2,1-4H3,(H,26,28,29). The molecule has 2 heterocycles. The van der Waals surface area contributed by atoms with Crippen molar-refractivity contribution < 1.29 is 28.6 Å². The lowest BCUT2D eigenvalue weighted by Gasteiger charge is -2.27. The Labute approximate surface area is 190 Å². The summed E-state index contributed by atoms with van der Waals surface area (Å²) in [6.07, 6.45) is 1.68. The molecule has 172 valence electrons. The lowest BCUT2D eigenvalue weighted by Crippen LogP contribution is -2.46. The minimum Gasteiger partial charge on any atom is -0.493 e. The summed E-state index contributed by atoms with van der Waals surface area (Å²) in [7, 11) is 3.01. The molecule has 0 radical (unpaired) electrons. The largest absolute Gasteiger partial charge is 0.493 e. The normalized spacial score (nSPS) is 14.9. The van der Waals surface area contributed by atoms with E-state index in [1.54, 1.807) is 38.2 Å². The average molecular weight is 452 g/mol. The SMILES string of the molecule is COc1cc(-c2cc(OCN3C(=O)NC(=O)C3(C)C)c3cccnc3c2)cc(ON)c1OC. The van der Waals surface area contributed by atoms with Gasteiger partial charge in [-0.25, -0.2) is 4.79 Å². The van der Waals surface area contributed by atoms with Crippen molar-refractivity contribution in [1.29, 1.82) is 0 Å². The third-order valence-electron chi connectivity index (χ3n) is 5.63. The van der Waals surface area contributed by atoms with Crippen molar-refractivity contribution in [2.24, 2.45) is 5.90 Å². The maximum atomic E-state index is 12.2. The molecule has 33 heavy (non-hydrogen) atoms. The quantitative estimate of drug-likeness (QED) is 0.414. The van der Waals surface area contributed by atoms with Gasteiger partial charge in [0.1, 0.15) is 11.3 Å². The topological polar surface area (TPSA) is 125 Å². The molecule has 0 unspecified atom stereocenters. The number of methoxy groups -OCH3 is 2. The summed E-state index contributed by atoms with van der Waals surface area (Å²) in [6, 6.07) is 10.4. The number of carbonyl (C=O) groups is 2. The molecule has 0 atom stereocenters. The number of nitrogens with two attached hydrogens (primary N) is 1. The fourth-order valence-electron chi connectivity index (χ4n) is 3.67. The van der Waals surface area contributed by atoms with E-state index in [1.165, 1.54) is 19.1 Å². The van der Waals surface area contributed by atoms with Crippen molar-refractivity contribution in [2.45, 2.75) is 19.4 Å². The van der Waals surface area contributed by atoms with Gasteiger partial charge < -0.3 is 19.0 Å². The van der Waals surface area contributed by atoms with Crippen molar-refractivity contribution in [3.05, 3.63) is 42.6 Å². The Bertz CT molecular complexity index is 1220. The van der Waals surface area contributed by atoms with Gasteiger partial charge in [-0.2, -0.15) is 5.90 Å². The number of fused-ring (bicyclic) bond motifs is 1. The number of carbonyl (C=O) groups excluding carboxylic acids is 2. The van der Waals surface area contributed by atoms with Crippen LogP contribution in [0.1, 0.15) is 13.8 Å². The van der Waals surface area contributed by atoms with E-state index in [0.29, 0.717) is 28.5 Å². The number of amides is 3. The van der Waals surface area contributed by atoms with Gasteiger partial charge >= 0.3 is 6.03 Å². The number of hydrogen-bond acceptors (Lipinski definition) is 8. The van der Waals surface area contributed by atoms with Gasteiger partial charge in [0, 0.05) is 11.6 Å². The highest BCUT2D eigenvalue weighted by atomic mass is 16.6. The molecular weight excluding hydrogens is 428 g/mol. The lowest BCUT2D eigenvalue weighted by atomic mass is 10.0. The van der Waals surface area contributed by atoms with Crippen LogP contribution in [0.5, 0.6) is 23.0 Å². The second kappa shape index (κ2) is 8.47. The summed E-state index contributed by atoms with van der Waals surface area (Å²) < 4.78 is 16.8. The fraction of sp³-hybridized carbons (Fsp3) is 0.261. The van der Waals surface area contributed by atoms with Crippen LogP contribution in [-0.4, -0.2) is 48.3 Å². The molecule has 0 saturated carbocycles. The summed E-state index contributed by atoms with van der Waals surface area (Å²) in [4.78, 5) is 35.1. The zero-order chi connectivity index (χ0) is 23.8. The van der Waals surface area contributed by atoms with Crippen LogP contribution in [0.2, 0.25) is 0 Å². The van der Waals surface area contributed by atoms with Gasteiger partial charge in [-0.15, -0.1) is 0 Å². The first kappa shape index (κ1) is 22.2. The molecule has 10 nitrogen and oxygen atoms in total. The van der Waals surface area contributed by atoms with E-state index >= 15 is 0 Å². The number of hydrogen-bond donors (Lipinski definition) is 2. The Hall–Kier alpha value is -4.05. The molecule has 1 aromatic heterocycles. The molecule has 3 aromatic rings. The van der Waals surface area contributed by atoms with E-state index in [4.69, 9.17) is 24.9 Å². The Balaban J connectivity index is 1.77. The fourth-order valence-corrected chi connectivity index (χ4v) is 3.67. The molecule has 1 aliphatic heterocycles. The summed E-state index contributed by atoms with van der Waals surface area (Å²) >= 11 is 0. The van der Waals surface area contributed by atoms with Gasteiger partial charge in [0.2, 0.25) is 5.75 Å². The number of nitrogens with one attached hydrogen (secondary N) is 1. The van der Waals surface area contributed by atoms with Crippen molar-refractivity contribution in [3.8, 4) is 34.1 Å². The third-order valence-corrected chi connectivity index (χ3v) is 5.63. The van der Waals surface area contributed by atoms with Crippen LogP contribution in [0, 0.1) is 0 Å². The molecule has 1 fully saturated rings. The predicted octanol–water partition coefficient (Wildman–Crippen LogP) is 2.84. The highest BCUT2D eigenvalue weighted by Crippen LogP contribution is 2.42. The van der Waals surface area contributed by atoms with Crippen molar-refractivity contribution >= 4 is 22.8 Å². The van der Waals surface area contributed by atoms with Crippen LogP contribution in [0.3, 0.4) is 0 Å². The first-order valence-electron chi connectivity index (χ1n) is 10.1. The number of urea groups is 1. The van der Waals surface area contributed by atoms with E-state index in [0.717, 1.165) is 16.5 Å². The molecule has 1 aliphatic rings. The van der Waals surface area contributed by atoms with E-state index < -0.39 is 11.6 Å². The number of rotatable bonds is 7. The Morgan fingerprint density at radius 2 is 1.73 bits per heavy atom. The molecule has 10 heteroatoms. The first-order chi connectivity index (χ1) is 15.8. The Morgan fingerprint density at radius 3 is 2.36 bits per heavy atom. The molecule has 1 saturated heterocycles. The van der Waals surface area contributed by atoms with Crippen LogP contribution >= 0.6 is 0 Å². The maximum Gasteiger partial charge on any atom is 0.327 e. The third kappa shape index (κ3) is 3.85. The van der Waals surface area contributed by atoms with Gasteiger partial charge in [0.25, 0.3) is 5.91 Å². The summed E-state index contributed by atoms with van der Waals surface area (Å²) in [5.41, 5.74) is 1.12. The monoisotopic (exact) mass is 452 g/mol. The van der Waals surface area contributed by atoms with Crippen LogP contribution in [0.25, 0.3) is 22.0 Å². The van der Waals surface area contributed by atoms with Crippen LogP contribution in [0.4, 0.5) is 4.79 Å². The van der Waals surface area contributed by atoms with Crippen LogP contribution in [-0.2, 0) is 4.79 Å². The van der Waals surface area contributed by atoms with Crippen molar-refractivity contribution in [2.75, 3.05) is 21.0 Å². The molecular formula is C23H24N4O6. The molecule has 2 aromatic carbocycles. The van der Waals surface area contributed by atoms with Gasteiger partial charge in [0.05, 0.1) is 19.7 Å². The van der Waals surface area contributed by atoms with Crippen molar-refractivity contribution in [3.63, 3.8) is 0 Å². The van der Waals surface area contributed by atoms with E-state index in [9.17, 15) is 9.59 Å². The number of ether oxygens (including phenoxy) is 3. The Kier molecular flexibility index (Phi) is 5.69. The second-order valence-electron chi connectivity index (χ2n) is 7.89. The first-order valence-corrected chi connectivity index (χ1v) is 10.1. The molecule has 3 amide bonds. The smallest absolute Gasteiger partial charge is 0.327 e. The highest BCUT2D eigenvalue weighted by molar-refractivity contribution is 6.06. The van der Waals surface area contributed by atoms with Gasteiger partial charge in [-0.05, 0) is 61.4 Å². The number of imide groups is 1. The van der Waals surface area contributed by atoms with Crippen molar-refractivity contribution in [1.82, 2.24) is 15.2 Å². The Morgan fingerprint density at radius 1 is 1.03 bits per heavy atom. The molecule has 0 aliphatic carbocycles. The number of benzene rings is 2. The second-order valence-corrected chi connectivity index (χ2v) is 7.89. The van der Waals surface area contributed by atoms with E-state index in [2.05, 4.69) is 10.3 Å². The van der Waals surface area contributed by atoms with Gasteiger partial charge in [-0.1, -0.05) is 0 Å². The molecule has 0 bridgehead atoms. The molecule has 3 N–H and O–H groups in total. The number of pyridine rings is 1. The molecule has 0 spiro atoms. The van der Waals surface area contributed by atoms with E-state index in [-0.39, 0.29) is 12.6 Å². The van der Waals surface area contributed by atoms with Gasteiger partial charge in [0.15, 0.2) is 18.2 Å². The van der Waals surface area contributed by atoms with Crippen LogP contribution < -0.4 is 30.3 Å². The number of aromatic nitrogens is 1. The van der Waals surface area contributed by atoms with E-state index in [1.807, 2.05) is 18.2 Å². The minimum absolute atomic E-state index is 0.124. The summed E-state index contributed by atoms with van der Waals surface area (Å²) in [5.74, 6) is 6.65. The zero-order valence-electron chi connectivity index (χ0n) is 18.7. The van der Waals surface area contributed by atoms with Crippen LogP contribution in [0.15, 0.2) is 42.6 Å². The predicted molar refractivity (Wildman–Crippen MR) is 120 cm³/mol. The van der Waals surface area contributed by atoms with Gasteiger partial charge in [-0.3, -0.25) is 20.0 Å². The average Bonchev–Trinajstić information content (AvgIpc) is 3.01. The lowest BCUT2D eigenvalue weighted by molar-refractivity contribution is -0.125. The molecule has 4 rings (SSSR count).